The predicted octanol–water partition coefficient (Wildman–Crippen LogP) is 3.37. The zero-order chi connectivity index (χ0) is 17.5. The molecule has 0 saturated carbocycles. The third-order valence-corrected chi connectivity index (χ3v) is 3.59. The van der Waals surface area contributed by atoms with Crippen molar-refractivity contribution in [2.24, 2.45) is 0 Å². The van der Waals surface area contributed by atoms with Gasteiger partial charge in [-0.25, -0.2) is 4.98 Å². The van der Waals surface area contributed by atoms with Crippen molar-refractivity contribution in [1.82, 2.24) is 9.97 Å². The quantitative estimate of drug-likeness (QED) is 0.756. The number of carbonyl (C=O) groups is 1. The van der Waals surface area contributed by atoms with Gasteiger partial charge in [-0.15, -0.1) is 0 Å². The summed E-state index contributed by atoms with van der Waals surface area (Å²) in [6.45, 7) is 7.81. The predicted molar refractivity (Wildman–Crippen MR) is 92.5 cm³/mol. The molecule has 0 radical (unpaired) electrons. The first-order valence-electron chi connectivity index (χ1n) is 7.66. The van der Waals surface area contributed by atoms with E-state index < -0.39 is 11.5 Å². The van der Waals surface area contributed by atoms with Crippen LogP contribution < -0.4 is 10.9 Å². The molecule has 0 fully saturated rings. The number of fused-ring (bicyclic) bond motifs is 1. The van der Waals surface area contributed by atoms with E-state index in [1.807, 2.05) is 20.8 Å². The molecule has 3 rings (SSSR count). The fourth-order valence-electron chi connectivity index (χ4n) is 2.28. The Kier molecular flexibility index (Phi) is 3.75. The smallest absolute Gasteiger partial charge is 0.261 e. The minimum atomic E-state index is -0.463. The summed E-state index contributed by atoms with van der Waals surface area (Å²) in [6, 6.07) is 8.41. The fraction of sp³-hybridized carbons (Fsp3) is 0.278. The van der Waals surface area contributed by atoms with Crippen molar-refractivity contribution in [2.45, 2.75) is 33.1 Å². The molecule has 24 heavy (non-hydrogen) atoms. The number of benzene rings is 1. The lowest BCUT2D eigenvalue weighted by Gasteiger charge is -2.11. The van der Waals surface area contributed by atoms with Gasteiger partial charge in [0.25, 0.3) is 11.5 Å². The minimum absolute atomic E-state index is 0.0660. The number of aromatic nitrogens is 2. The van der Waals surface area contributed by atoms with Crippen LogP contribution in [0, 0.1) is 6.92 Å². The van der Waals surface area contributed by atoms with E-state index >= 15 is 0 Å². The van der Waals surface area contributed by atoms with E-state index in [4.69, 9.17) is 4.42 Å². The lowest BCUT2D eigenvalue weighted by Crippen LogP contribution is -2.23. The van der Waals surface area contributed by atoms with Crippen LogP contribution in [-0.4, -0.2) is 15.9 Å². The second kappa shape index (κ2) is 5.63. The third kappa shape index (κ3) is 3.08. The number of oxazole rings is 1. The van der Waals surface area contributed by atoms with Gasteiger partial charge in [-0.1, -0.05) is 20.8 Å². The highest BCUT2D eigenvalue weighted by Gasteiger charge is 2.21. The van der Waals surface area contributed by atoms with Crippen LogP contribution in [0.4, 0.5) is 5.69 Å². The van der Waals surface area contributed by atoms with Crippen molar-refractivity contribution in [3.05, 3.63) is 57.8 Å². The van der Waals surface area contributed by atoms with E-state index in [0.29, 0.717) is 28.4 Å². The number of nitrogens with zero attached hydrogens (tertiary/aromatic N) is 1. The van der Waals surface area contributed by atoms with Crippen molar-refractivity contribution in [3.63, 3.8) is 0 Å². The molecule has 3 aromatic rings. The molecule has 0 aliphatic heterocycles. The van der Waals surface area contributed by atoms with Gasteiger partial charge < -0.3 is 14.7 Å². The summed E-state index contributed by atoms with van der Waals surface area (Å²) in [5.74, 6) is 0.172. The average Bonchev–Trinajstić information content (AvgIpc) is 2.90. The number of hydrogen-bond donors (Lipinski definition) is 2. The molecule has 2 N–H and O–H groups in total. The highest BCUT2D eigenvalue weighted by Crippen LogP contribution is 2.27. The van der Waals surface area contributed by atoms with Gasteiger partial charge in [0.1, 0.15) is 11.1 Å². The minimum Gasteiger partial charge on any atom is -0.440 e. The summed E-state index contributed by atoms with van der Waals surface area (Å²) in [5, 5.41) is 2.72. The van der Waals surface area contributed by atoms with Crippen LogP contribution in [0.3, 0.4) is 0 Å². The van der Waals surface area contributed by atoms with E-state index in [-0.39, 0.29) is 11.0 Å². The van der Waals surface area contributed by atoms with Crippen LogP contribution in [0.5, 0.6) is 0 Å². The fourth-order valence-corrected chi connectivity index (χ4v) is 2.28. The number of carbonyl (C=O) groups excluding carboxylic acids is 1. The second-order valence-electron chi connectivity index (χ2n) is 6.79. The van der Waals surface area contributed by atoms with E-state index in [2.05, 4.69) is 15.3 Å². The van der Waals surface area contributed by atoms with Gasteiger partial charge in [0.05, 0.1) is 0 Å². The lowest BCUT2D eigenvalue weighted by molar-refractivity contribution is 0.102. The molecule has 0 saturated heterocycles. The van der Waals surface area contributed by atoms with Crippen LogP contribution >= 0.6 is 0 Å². The number of aryl methyl sites for hydroxylation is 1. The maximum Gasteiger partial charge on any atom is 0.261 e. The summed E-state index contributed by atoms with van der Waals surface area (Å²) in [7, 11) is 0. The zero-order valence-corrected chi connectivity index (χ0v) is 14.1. The maximum atomic E-state index is 12.3. The molecule has 0 aliphatic carbocycles. The number of hydrogen-bond acceptors (Lipinski definition) is 4. The molecular weight excluding hydrogens is 306 g/mol. The largest absolute Gasteiger partial charge is 0.440 e. The summed E-state index contributed by atoms with van der Waals surface area (Å²) in [6.07, 6.45) is 0. The number of H-pyrrole nitrogens is 1. The van der Waals surface area contributed by atoms with E-state index in [0.717, 1.165) is 0 Å². The van der Waals surface area contributed by atoms with Crippen molar-refractivity contribution >= 4 is 22.7 Å². The van der Waals surface area contributed by atoms with Crippen LogP contribution in [-0.2, 0) is 5.41 Å². The monoisotopic (exact) mass is 325 g/mol. The summed E-state index contributed by atoms with van der Waals surface area (Å²) in [5.41, 5.74) is 2.04. The molecule has 0 atom stereocenters. The Balaban J connectivity index is 1.90. The van der Waals surface area contributed by atoms with Gasteiger partial charge in [0.2, 0.25) is 5.89 Å². The van der Waals surface area contributed by atoms with Gasteiger partial charge in [-0.3, -0.25) is 9.59 Å². The highest BCUT2D eigenvalue weighted by molar-refractivity contribution is 6.04. The third-order valence-electron chi connectivity index (χ3n) is 3.59. The standard InChI is InChI=1S/C18H19N3O3/c1-10-5-7-12(15(22)19-10)16(23)20-11-6-8-14-13(9-11)21-17(24-14)18(2,3)4/h5-9H,1-4H3,(H,19,22)(H,20,23). The van der Waals surface area contributed by atoms with E-state index in [1.165, 1.54) is 6.07 Å². The Morgan fingerprint density at radius 2 is 1.96 bits per heavy atom. The van der Waals surface area contributed by atoms with Crippen LogP contribution in [0.2, 0.25) is 0 Å². The average molecular weight is 325 g/mol. The maximum absolute atomic E-state index is 12.3. The van der Waals surface area contributed by atoms with Gasteiger partial charge in [-0.2, -0.15) is 0 Å². The molecule has 2 heterocycles. The molecule has 0 unspecified atom stereocenters. The zero-order valence-electron chi connectivity index (χ0n) is 14.1. The van der Waals surface area contributed by atoms with Gasteiger partial charge >= 0.3 is 0 Å². The van der Waals surface area contributed by atoms with Crippen molar-refractivity contribution in [1.29, 1.82) is 0 Å². The topological polar surface area (TPSA) is 88.0 Å². The number of aromatic amines is 1. The Bertz CT molecular complexity index is 977. The Morgan fingerprint density at radius 1 is 1.21 bits per heavy atom. The first-order valence-corrected chi connectivity index (χ1v) is 7.66. The van der Waals surface area contributed by atoms with Crippen LogP contribution in [0.15, 0.2) is 39.5 Å². The molecule has 1 aromatic carbocycles. The Morgan fingerprint density at radius 3 is 2.62 bits per heavy atom. The highest BCUT2D eigenvalue weighted by atomic mass is 16.3. The first-order chi connectivity index (χ1) is 11.2. The number of amides is 1. The molecular formula is C18H19N3O3. The number of pyridine rings is 1. The Hall–Kier alpha value is -2.89. The van der Waals surface area contributed by atoms with Gasteiger partial charge in [0, 0.05) is 16.8 Å². The van der Waals surface area contributed by atoms with Crippen molar-refractivity contribution in [2.75, 3.05) is 5.32 Å². The lowest BCUT2D eigenvalue weighted by atomic mass is 9.97. The normalized spacial score (nSPS) is 11.7. The second-order valence-corrected chi connectivity index (χ2v) is 6.79. The Labute approximate surface area is 138 Å². The first kappa shape index (κ1) is 16.0. The molecule has 0 aliphatic rings. The van der Waals surface area contributed by atoms with E-state index in [1.54, 1.807) is 31.2 Å². The summed E-state index contributed by atoms with van der Waals surface area (Å²) >= 11 is 0. The number of nitrogens with one attached hydrogen (secondary N) is 2. The molecule has 0 bridgehead atoms. The molecule has 124 valence electrons. The van der Waals surface area contributed by atoms with Crippen molar-refractivity contribution in [3.8, 4) is 0 Å². The van der Waals surface area contributed by atoms with E-state index in [9.17, 15) is 9.59 Å². The SMILES string of the molecule is Cc1ccc(C(=O)Nc2ccc3oc(C(C)(C)C)nc3c2)c(=O)[nH]1. The van der Waals surface area contributed by atoms with Crippen molar-refractivity contribution < 1.29 is 9.21 Å². The van der Waals surface area contributed by atoms with Gasteiger partial charge in [-0.05, 0) is 37.3 Å². The molecule has 0 spiro atoms. The number of anilines is 1. The number of rotatable bonds is 2. The molecule has 2 aromatic heterocycles. The van der Waals surface area contributed by atoms with Gasteiger partial charge in [0.15, 0.2) is 5.58 Å². The molecule has 6 nitrogen and oxygen atoms in total. The van der Waals surface area contributed by atoms with Crippen LogP contribution in [0.1, 0.15) is 42.7 Å². The molecule has 6 heteroatoms. The molecule has 1 amide bonds. The summed E-state index contributed by atoms with van der Waals surface area (Å²) < 4.78 is 5.73. The van der Waals surface area contributed by atoms with Crippen LogP contribution in [0.25, 0.3) is 11.1 Å². The summed E-state index contributed by atoms with van der Waals surface area (Å²) in [4.78, 5) is 31.2.